The SMILES string of the molecule is O=C(O)C(Cc1ccco1)c1ccccc1. The molecule has 0 radical (unpaired) electrons. The van der Waals surface area contributed by atoms with Gasteiger partial charge in [0.1, 0.15) is 5.76 Å². The zero-order valence-electron chi connectivity index (χ0n) is 8.67. The quantitative estimate of drug-likeness (QED) is 0.854. The van der Waals surface area contributed by atoms with Gasteiger partial charge in [0.15, 0.2) is 0 Å². The molecule has 0 bridgehead atoms. The van der Waals surface area contributed by atoms with Gasteiger partial charge in [0.05, 0.1) is 12.2 Å². The highest BCUT2D eigenvalue weighted by molar-refractivity contribution is 5.76. The molecule has 1 N–H and O–H groups in total. The van der Waals surface area contributed by atoms with Crippen molar-refractivity contribution in [2.45, 2.75) is 12.3 Å². The Balaban J connectivity index is 2.22. The molecular weight excluding hydrogens is 204 g/mol. The summed E-state index contributed by atoms with van der Waals surface area (Å²) in [6, 6.07) is 12.7. The van der Waals surface area contributed by atoms with E-state index in [1.54, 1.807) is 18.4 Å². The summed E-state index contributed by atoms with van der Waals surface area (Å²) >= 11 is 0. The van der Waals surface area contributed by atoms with Crippen LogP contribution < -0.4 is 0 Å². The van der Waals surface area contributed by atoms with Crippen molar-refractivity contribution in [3.8, 4) is 0 Å². The molecule has 1 aromatic carbocycles. The topological polar surface area (TPSA) is 50.4 Å². The number of carbonyl (C=O) groups is 1. The minimum Gasteiger partial charge on any atom is -0.481 e. The predicted octanol–water partition coefficient (Wildman–Crippen LogP) is 2.69. The third-order valence-corrected chi connectivity index (χ3v) is 2.49. The third-order valence-electron chi connectivity index (χ3n) is 2.49. The average molecular weight is 216 g/mol. The predicted molar refractivity (Wildman–Crippen MR) is 59.2 cm³/mol. The van der Waals surface area contributed by atoms with Crippen molar-refractivity contribution >= 4 is 5.97 Å². The number of hydrogen-bond donors (Lipinski definition) is 1. The van der Waals surface area contributed by atoms with E-state index in [4.69, 9.17) is 4.42 Å². The van der Waals surface area contributed by atoms with Crippen LogP contribution in [0.15, 0.2) is 53.1 Å². The Bertz CT molecular complexity index is 445. The van der Waals surface area contributed by atoms with Gasteiger partial charge in [0, 0.05) is 6.42 Å². The Kier molecular flexibility index (Phi) is 3.05. The fourth-order valence-corrected chi connectivity index (χ4v) is 1.66. The Morgan fingerprint density at radius 3 is 2.50 bits per heavy atom. The minimum atomic E-state index is -0.831. The molecule has 16 heavy (non-hydrogen) atoms. The first kappa shape index (κ1) is 10.5. The molecule has 0 fully saturated rings. The molecule has 3 nitrogen and oxygen atoms in total. The number of aliphatic carboxylic acids is 1. The molecule has 0 aliphatic rings. The maximum Gasteiger partial charge on any atom is 0.311 e. The van der Waals surface area contributed by atoms with Crippen molar-refractivity contribution in [2.24, 2.45) is 0 Å². The highest BCUT2D eigenvalue weighted by Gasteiger charge is 2.20. The van der Waals surface area contributed by atoms with E-state index in [0.29, 0.717) is 12.2 Å². The van der Waals surface area contributed by atoms with Gasteiger partial charge in [0.2, 0.25) is 0 Å². The molecule has 0 aliphatic carbocycles. The van der Waals surface area contributed by atoms with Crippen molar-refractivity contribution in [1.29, 1.82) is 0 Å². The van der Waals surface area contributed by atoms with Crippen LogP contribution in [0.4, 0.5) is 0 Å². The van der Waals surface area contributed by atoms with Crippen LogP contribution >= 0.6 is 0 Å². The first-order valence-electron chi connectivity index (χ1n) is 5.07. The highest BCUT2D eigenvalue weighted by Crippen LogP contribution is 2.21. The second-order valence-corrected chi connectivity index (χ2v) is 3.58. The van der Waals surface area contributed by atoms with Gasteiger partial charge in [-0.25, -0.2) is 0 Å². The van der Waals surface area contributed by atoms with Crippen LogP contribution in [0.5, 0.6) is 0 Å². The van der Waals surface area contributed by atoms with Crippen LogP contribution in [-0.4, -0.2) is 11.1 Å². The lowest BCUT2D eigenvalue weighted by molar-refractivity contribution is -0.138. The highest BCUT2D eigenvalue weighted by atomic mass is 16.4. The lowest BCUT2D eigenvalue weighted by Crippen LogP contribution is -2.13. The lowest BCUT2D eigenvalue weighted by Gasteiger charge is -2.10. The van der Waals surface area contributed by atoms with Crippen LogP contribution in [0, 0.1) is 0 Å². The number of furan rings is 1. The van der Waals surface area contributed by atoms with E-state index >= 15 is 0 Å². The third kappa shape index (κ3) is 2.31. The zero-order valence-corrected chi connectivity index (χ0v) is 8.67. The Labute approximate surface area is 93.3 Å². The molecule has 0 saturated heterocycles. The Morgan fingerprint density at radius 1 is 1.19 bits per heavy atom. The van der Waals surface area contributed by atoms with Crippen molar-refractivity contribution in [3.63, 3.8) is 0 Å². The van der Waals surface area contributed by atoms with Gasteiger partial charge in [0.25, 0.3) is 0 Å². The number of carboxylic acid groups (broad SMARTS) is 1. The standard InChI is InChI=1S/C13H12O3/c14-13(15)12(9-11-7-4-8-16-11)10-5-2-1-3-6-10/h1-8,12H,9H2,(H,14,15). The first-order chi connectivity index (χ1) is 7.77. The molecular formula is C13H12O3. The van der Waals surface area contributed by atoms with Gasteiger partial charge in [-0.15, -0.1) is 0 Å². The number of hydrogen-bond acceptors (Lipinski definition) is 2. The zero-order chi connectivity index (χ0) is 11.4. The van der Waals surface area contributed by atoms with Gasteiger partial charge in [-0.05, 0) is 17.7 Å². The first-order valence-corrected chi connectivity index (χ1v) is 5.07. The summed E-state index contributed by atoms with van der Waals surface area (Å²) in [5, 5.41) is 9.18. The Hall–Kier alpha value is -2.03. The summed E-state index contributed by atoms with van der Waals surface area (Å²) in [5.41, 5.74) is 0.798. The molecule has 2 aromatic rings. The van der Waals surface area contributed by atoms with Crippen molar-refractivity contribution in [1.82, 2.24) is 0 Å². The van der Waals surface area contributed by atoms with Crippen LogP contribution in [0.1, 0.15) is 17.2 Å². The molecule has 1 heterocycles. The summed E-state index contributed by atoms with van der Waals surface area (Å²) in [6.07, 6.45) is 1.94. The van der Waals surface area contributed by atoms with Crippen LogP contribution in [0.2, 0.25) is 0 Å². The van der Waals surface area contributed by atoms with E-state index in [-0.39, 0.29) is 0 Å². The van der Waals surface area contributed by atoms with Crippen LogP contribution in [0.25, 0.3) is 0 Å². The molecule has 0 aliphatic heterocycles. The summed E-state index contributed by atoms with van der Waals surface area (Å²) in [6.45, 7) is 0. The molecule has 82 valence electrons. The van der Waals surface area contributed by atoms with E-state index in [1.165, 1.54) is 0 Å². The molecule has 0 spiro atoms. The largest absolute Gasteiger partial charge is 0.481 e. The number of benzene rings is 1. The van der Waals surface area contributed by atoms with E-state index in [0.717, 1.165) is 5.56 Å². The van der Waals surface area contributed by atoms with E-state index in [1.807, 2.05) is 30.3 Å². The van der Waals surface area contributed by atoms with Crippen LogP contribution in [0.3, 0.4) is 0 Å². The molecule has 1 atom stereocenters. The molecule has 3 heteroatoms. The minimum absolute atomic E-state index is 0.381. The van der Waals surface area contributed by atoms with Crippen molar-refractivity contribution in [2.75, 3.05) is 0 Å². The van der Waals surface area contributed by atoms with Gasteiger partial charge in [-0.3, -0.25) is 4.79 Å². The molecule has 1 unspecified atom stereocenters. The van der Waals surface area contributed by atoms with Gasteiger partial charge < -0.3 is 9.52 Å². The lowest BCUT2D eigenvalue weighted by atomic mass is 9.95. The maximum absolute atomic E-state index is 11.2. The fraction of sp³-hybridized carbons (Fsp3) is 0.154. The van der Waals surface area contributed by atoms with Gasteiger partial charge in [-0.2, -0.15) is 0 Å². The maximum atomic E-state index is 11.2. The summed E-state index contributed by atoms with van der Waals surface area (Å²) < 4.78 is 5.17. The second kappa shape index (κ2) is 4.66. The Morgan fingerprint density at radius 2 is 1.94 bits per heavy atom. The van der Waals surface area contributed by atoms with Gasteiger partial charge >= 0.3 is 5.97 Å². The monoisotopic (exact) mass is 216 g/mol. The van der Waals surface area contributed by atoms with Gasteiger partial charge in [-0.1, -0.05) is 30.3 Å². The summed E-state index contributed by atoms with van der Waals surface area (Å²) in [4.78, 5) is 11.2. The van der Waals surface area contributed by atoms with E-state index in [9.17, 15) is 9.90 Å². The average Bonchev–Trinajstić information content (AvgIpc) is 2.79. The van der Waals surface area contributed by atoms with E-state index in [2.05, 4.69) is 0 Å². The smallest absolute Gasteiger partial charge is 0.311 e. The van der Waals surface area contributed by atoms with E-state index < -0.39 is 11.9 Å². The van der Waals surface area contributed by atoms with Crippen LogP contribution in [-0.2, 0) is 11.2 Å². The number of carboxylic acids is 1. The molecule has 2 rings (SSSR count). The van der Waals surface area contributed by atoms with Crippen molar-refractivity contribution in [3.05, 3.63) is 60.1 Å². The normalized spacial score (nSPS) is 12.2. The fourth-order valence-electron chi connectivity index (χ4n) is 1.66. The second-order valence-electron chi connectivity index (χ2n) is 3.58. The summed E-state index contributed by atoms with van der Waals surface area (Å²) in [5.74, 6) is -0.689. The molecule has 0 amide bonds. The molecule has 0 saturated carbocycles. The number of rotatable bonds is 4. The summed E-state index contributed by atoms with van der Waals surface area (Å²) in [7, 11) is 0. The van der Waals surface area contributed by atoms with Crippen molar-refractivity contribution < 1.29 is 14.3 Å². The molecule has 1 aromatic heterocycles.